The number of hydrogen-bond acceptors (Lipinski definition) is 6. The minimum absolute atomic E-state index is 0.0940. The van der Waals surface area contributed by atoms with Crippen molar-refractivity contribution in [1.82, 2.24) is 4.98 Å². The zero-order chi connectivity index (χ0) is 13.3. The molecule has 0 atom stereocenters. The van der Waals surface area contributed by atoms with Gasteiger partial charge in [-0.1, -0.05) is 13.3 Å². The number of nitrogens with two attached hydrogens (primary N) is 1. The first-order chi connectivity index (χ1) is 8.45. The van der Waals surface area contributed by atoms with Gasteiger partial charge in [-0.2, -0.15) is 0 Å². The smallest absolute Gasteiger partial charge is 0.311 e. The molecule has 1 saturated heterocycles. The number of nitrogen functional groups attached to an aromatic ring is 1. The average molecular weight is 252 g/mol. The maximum atomic E-state index is 10.6. The lowest BCUT2D eigenvalue weighted by Crippen LogP contribution is -2.62. The molecule has 18 heavy (non-hydrogen) atoms. The number of aromatic nitrogens is 1. The van der Waals surface area contributed by atoms with E-state index >= 15 is 0 Å². The van der Waals surface area contributed by atoms with Crippen LogP contribution in [0.5, 0.6) is 0 Å². The highest BCUT2D eigenvalue weighted by Gasteiger charge is 2.41. The Bertz CT molecular complexity index is 471. The highest BCUT2D eigenvalue weighted by atomic mass is 16.6. The molecule has 0 aliphatic carbocycles. The van der Waals surface area contributed by atoms with Crippen molar-refractivity contribution in [3.63, 3.8) is 0 Å². The van der Waals surface area contributed by atoms with E-state index in [0.717, 1.165) is 12.8 Å². The number of β-amino-alcohol motifs (C(OH)–C–C–N with tert-alkyl or cyclic N) is 1. The number of anilines is 2. The molecule has 0 unspecified atom stereocenters. The monoisotopic (exact) mass is 252 g/mol. The summed E-state index contributed by atoms with van der Waals surface area (Å²) in [6.45, 7) is 3.00. The fourth-order valence-electron chi connectivity index (χ4n) is 2.24. The average Bonchev–Trinajstić information content (AvgIpc) is 2.25. The van der Waals surface area contributed by atoms with Crippen molar-refractivity contribution in [1.29, 1.82) is 0 Å². The molecule has 0 saturated carbocycles. The predicted molar refractivity (Wildman–Crippen MR) is 67.4 cm³/mol. The van der Waals surface area contributed by atoms with Gasteiger partial charge in [0.15, 0.2) is 0 Å². The predicted octanol–water partition coefficient (Wildman–Crippen LogP) is 0.923. The molecule has 3 N–H and O–H groups in total. The lowest BCUT2D eigenvalue weighted by atomic mass is 9.89. The standard InChI is InChI=1S/C11H16N4O3/c1-2-5-11(16)6-14(7-11)9-4-3-8(15(17)18)10(12)13-9/h3-4,16H,2,5-7H2,1H3,(H2,12,13). The van der Waals surface area contributed by atoms with E-state index in [1.807, 2.05) is 11.8 Å². The third-order valence-electron chi connectivity index (χ3n) is 3.09. The van der Waals surface area contributed by atoms with Crippen LogP contribution in [0.2, 0.25) is 0 Å². The summed E-state index contributed by atoms with van der Waals surface area (Å²) < 4.78 is 0. The number of aliphatic hydroxyl groups is 1. The van der Waals surface area contributed by atoms with Crippen LogP contribution in [0.4, 0.5) is 17.3 Å². The van der Waals surface area contributed by atoms with Gasteiger partial charge in [-0.05, 0) is 12.5 Å². The summed E-state index contributed by atoms with van der Waals surface area (Å²) in [7, 11) is 0. The van der Waals surface area contributed by atoms with E-state index in [9.17, 15) is 15.2 Å². The van der Waals surface area contributed by atoms with Crippen molar-refractivity contribution in [2.75, 3.05) is 23.7 Å². The maximum absolute atomic E-state index is 10.6. The van der Waals surface area contributed by atoms with Crippen molar-refractivity contribution in [2.24, 2.45) is 0 Å². The SMILES string of the molecule is CCCC1(O)CN(c2ccc([N+](=O)[O-])c(N)n2)C1. The van der Waals surface area contributed by atoms with Crippen LogP contribution in [0.25, 0.3) is 0 Å². The fraction of sp³-hybridized carbons (Fsp3) is 0.545. The van der Waals surface area contributed by atoms with Gasteiger partial charge in [0.2, 0.25) is 5.82 Å². The van der Waals surface area contributed by atoms with Crippen LogP contribution < -0.4 is 10.6 Å². The summed E-state index contributed by atoms with van der Waals surface area (Å²) in [6, 6.07) is 2.90. The molecule has 1 aromatic rings. The second kappa shape index (κ2) is 4.41. The van der Waals surface area contributed by atoms with Crippen molar-refractivity contribution in [2.45, 2.75) is 25.4 Å². The summed E-state index contributed by atoms with van der Waals surface area (Å²) in [5.74, 6) is 0.474. The fourth-order valence-corrected chi connectivity index (χ4v) is 2.24. The van der Waals surface area contributed by atoms with Gasteiger partial charge in [0.25, 0.3) is 0 Å². The molecular formula is C11H16N4O3. The molecule has 0 spiro atoms. The lowest BCUT2D eigenvalue weighted by molar-refractivity contribution is -0.384. The molecular weight excluding hydrogens is 236 g/mol. The van der Waals surface area contributed by atoms with Crippen LogP contribution in [0.1, 0.15) is 19.8 Å². The molecule has 0 amide bonds. The van der Waals surface area contributed by atoms with Gasteiger partial charge in [-0.3, -0.25) is 10.1 Å². The summed E-state index contributed by atoms with van der Waals surface area (Å²) in [5, 5.41) is 20.7. The van der Waals surface area contributed by atoms with Gasteiger partial charge in [0, 0.05) is 19.2 Å². The Hall–Kier alpha value is -1.89. The number of nitro groups is 1. The Morgan fingerprint density at radius 2 is 2.28 bits per heavy atom. The van der Waals surface area contributed by atoms with E-state index in [0.29, 0.717) is 18.9 Å². The van der Waals surface area contributed by atoms with E-state index in [1.165, 1.54) is 6.07 Å². The van der Waals surface area contributed by atoms with Gasteiger partial charge in [-0.15, -0.1) is 0 Å². The summed E-state index contributed by atoms with van der Waals surface area (Å²) in [4.78, 5) is 15.9. The second-order valence-corrected chi connectivity index (χ2v) is 4.66. The van der Waals surface area contributed by atoms with Gasteiger partial charge in [0.1, 0.15) is 5.82 Å². The van der Waals surface area contributed by atoms with E-state index < -0.39 is 10.5 Å². The van der Waals surface area contributed by atoms with E-state index in [1.54, 1.807) is 6.07 Å². The molecule has 1 aromatic heterocycles. The summed E-state index contributed by atoms with van der Waals surface area (Å²) in [5.41, 5.74) is 4.67. The quantitative estimate of drug-likeness (QED) is 0.609. The largest absolute Gasteiger partial charge is 0.386 e. The molecule has 7 heteroatoms. The van der Waals surface area contributed by atoms with Gasteiger partial charge in [-0.25, -0.2) is 4.98 Å². The van der Waals surface area contributed by atoms with Crippen molar-refractivity contribution in [3.8, 4) is 0 Å². The Morgan fingerprint density at radius 1 is 1.61 bits per heavy atom. The van der Waals surface area contributed by atoms with Gasteiger partial charge >= 0.3 is 5.69 Å². The topological polar surface area (TPSA) is 106 Å². The molecule has 98 valence electrons. The third-order valence-corrected chi connectivity index (χ3v) is 3.09. The molecule has 1 fully saturated rings. The van der Waals surface area contributed by atoms with Crippen molar-refractivity contribution in [3.05, 3.63) is 22.2 Å². The van der Waals surface area contributed by atoms with Crippen molar-refractivity contribution >= 4 is 17.3 Å². The van der Waals surface area contributed by atoms with Gasteiger partial charge in [0.05, 0.1) is 10.5 Å². The highest BCUT2D eigenvalue weighted by molar-refractivity contribution is 5.59. The second-order valence-electron chi connectivity index (χ2n) is 4.66. The minimum atomic E-state index is -0.660. The third kappa shape index (κ3) is 2.21. The van der Waals surface area contributed by atoms with E-state index in [2.05, 4.69) is 4.98 Å². The first-order valence-electron chi connectivity index (χ1n) is 5.83. The molecule has 1 aliphatic rings. The number of rotatable bonds is 4. The Kier molecular flexibility index (Phi) is 3.08. The van der Waals surface area contributed by atoms with Crippen molar-refractivity contribution < 1.29 is 10.0 Å². The maximum Gasteiger partial charge on any atom is 0.311 e. The summed E-state index contributed by atoms with van der Waals surface area (Å²) in [6.07, 6.45) is 1.66. The molecule has 7 nitrogen and oxygen atoms in total. The summed E-state index contributed by atoms with van der Waals surface area (Å²) >= 11 is 0. The molecule has 0 bridgehead atoms. The Morgan fingerprint density at radius 3 is 2.78 bits per heavy atom. The van der Waals surface area contributed by atoms with E-state index in [4.69, 9.17) is 5.73 Å². The minimum Gasteiger partial charge on any atom is -0.386 e. The van der Waals surface area contributed by atoms with E-state index in [-0.39, 0.29) is 11.5 Å². The van der Waals surface area contributed by atoms with Crippen LogP contribution in [0.3, 0.4) is 0 Å². The zero-order valence-corrected chi connectivity index (χ0v) is 10.2. The van der Waals surface area contributed by atoms with Crippen LogP contribution in [0, 0.1) is 10.1 Å². The molecule has 2 rings (SSSR count). The van der Waals surface area contributed by atoms with Crippen LogP contribution in [0.15, 0.2) is 12.1 Å². The number of hydrogen-bond donors (Lipinski definition) is 2. The Labute approximate surface area is 104 Å². The number of pyridine rings is 1. The van der Waals surface area contributed by atoms with Crippen LogP contribution in [-0.2, 0) is 0 Å². The first kappa shape index (κ1) is 12.6. The first-order valence-corrected chi connectivity index (χ1v) is 5.83. The molecule has 0 aromatic carbocycles. The molecule has 0 radical (unpaired) electrons. The zero-order valence-electron chi connectivity index (χ0n) is 10.2. The lowest BCUT2D eigenvalue weighted by Gasteiger charge is -2.47. The van der Waals surface area contributed by atoms with Crippen LogP contribution in [-0.4, -0.2) is 33.7 Å². The van der Waals surface area contributed by atoms with Gasteiger partial charge < -0.3 is 15.7 Å². The molecule has 1 aliphatic heterocycles. The Balaban J connectivity index is 2.09. The molecule has 2 heterocycles. The van der Waals surface area contributed by atoms with Crippen LogP contribution >= 0.6 is 0 Å². The normalized spacial score (nSPS) is 17.3. The highest BCUT2D eigenvalue weighted by Crippen LogP contribution is 2.31. The number of nitrogens with zero attached hydrogens (tertiary/aromatic N) is 3.